The Morgan fingerprint density at radius 1 is 1.29 bits per heavy atom. The molecule has 0 saturated heterocycles. The molecule has 2 aromatic rings. The van der Waals surface area contributed by atoms with E-state index in [1.54, 1.807) is 6.20 Å². The molecule has 0 amide bonds. The van der Waals surface area contributed by atoms with Crippen LogP contribution in [0.2, 0.25) is 0 Å². The first-order valence-corrected chi connectivity index (χ1v) is 5.99. The molecule has 0 aliphatic heterocycles. The fourth-order valence-electron chi connectivity index (χ4n) is 2.02. The lowest BCUT2D eigenvalue weighted by Crippen LogP contribution is -2.30. The van der Waals surface area contributed by atoms with Crippen molar-refractivity contribution in [2.75, 3.05) is 7.05 Å². The third-order valence-electron chi connectivity index (χ3n) is 3.13. The van der Waals surface area contributed by atoms with Gasteiger partial charge in [0.15, 0.2) is 0 Å². The van der Waals surface area contributed by atoms with Crippen LogP contribution in [0.3, 0.4) is 0 Å². The lowest BCUT2D eigenvalue weighted by atomic mass is 9.99. The highest BCUT2D eigenvalue weighted by atomic mass is 14.9. The molecule has 0 aliphatic carbocycles. The molecule has 1 atom stereocenters. The van der Waals surface area contributed by atoms with Gasteiger partial charge in [-0.3, -0.25) is 0 Å². The summed E-state index contributed by atoms with van der Waals surface area (Å²) in [5, 5.41) is 3.36. The van der Waals surface area contributed by atoms with E-state index in [4.69, 9.17) is 0 Å². The monoisotopic (exact) mass is 229 g/mol. The van der Waals surface area contributed by atoms with Crippen molar-refractivity contribution in [3.63, 3.8) is 0 Å². The highest BCUT2D eigenvalue weighted by molar-refractivity contribution is 5.26. The number of H-pyrrole nitrogens is 1. The number of nitrogens with one attached hydrogen (secondary N) is 2. The van der Waals surface area contributed by atoms with E-state index in [-0.39, 0.29) is 0 Å². The summed E-state index contributed by atoms with van der Waals surface area (Å²) < 4.78 is 0. The number of aromatic amines is 1. The first-order valence-electron chi connectivity index (χ1n) is 5.99. The minimum Gasteiger partial charge on any atom is -0.349 e. The van der Waals surface area contributed by atoms with Crippen LogP contribution < -0.4 is 5.32 Å². The van der Waals surface area contributed by atoms with Crippen molar-refractivity contribution in [3.05, 3.63) is 53.6 Å². The van der Waals surface area contributed by atoms with Crippen molar-refractivity contribution < 1.29 is 0 Å². The molecule has 0 saturated carbocycles. The Morgan fingerprint density at radius 3 is 2.76 bits per heavy atom. The smallest absolute Gasteiger partial charge is 0.107 e. The number of hydrogen-bond acceptors (Lipinski definition) is 2. The maximum Gasteiger partial charge on any atom is 0.107 e. The van der Waals surface area contributed by atoms with Gasteiger partial charge in [0.05, 0.1) is 0 Å². The highest BCUT2D eigenvalue weighted by Gasteiger charge is 2.10. The lowest BCUT2D eigenvalue weighted by Gasteiger charge is -2.16. The Hall–Kier alpha value is -1.61. The van der Waals surface area contributed by atoms with Crippen LogP contribution in [0.25, 0.3) is 0 Å². The van der Waals surface area contributed by atoms with E-state index in [0.717, 1.165) is 18.7 Å². The quantitative estimate of drug-likeness (QED) is 0.824. The molecule has 0 fully saturated rings. The van der Waals surface area contributed by atoms with Crippen LogP contribution in [0.15, 0.2) is 36.7 Å². The van der Waals surface area contributed by atoms with Gasteiger partial charge in [-0.25, -0.2) is 4.98 Å². The molecule has 1 aromatic heterocycles. The van der Waals surface area contributed by atoms with Crippen molar-refractivity contribution in [2.24, 2.45) is 0 Å². The molecule has 1 aromatic carbocycles. The van der Waals surface area contributed by atoms with Gasteiger partial charge in [0.25, 0.3) is 0 Å². The van der Waals surface area contributed by atoms with E-state index in [0.29, 0.717) is 6.04 Å². The maximum absolute atomic E-state index is 4.27. The summed E-state index contributed by atoms with van der Waals surface area (Å²) in [6, 6.07) is 8.96. The zero-order chi connectivity index (χ0) is 12.1. The molecule has 2 N–H and O–H groups in total. The predicted molar refractivity (Wildman–Crippen MR) is 70.0 cm³/mol. The summed E-state index contributed by atoms with van der Waals surface area (Å²) in [7, 11) is 2.01. The fourth-order valence-corrected chi connectivity index (χ4v) is 2.02. The van der Waals surface area contributed by atoms with E-state index >= 15 is 0 Å². The van der Waals surface area contributed by atoms with Gasteiger partial charge in [-0.1, -0.05) is 24.3 Å². The molecule has 0 aliphatic rings. The first-order chi connectivity index (χ1) is 8.29. The van der Waals surface area contributed by atoms with E-state index in [1.165, 1.54) is 11.1 Å². The molecule has 3 heteroatoms. The number of hydrogen-bond donors (Lipinski definition) is 2. The largest absolute Gasteiger partial charge is 0.349 e. The molecule has 2 rings (SSSR count). The maximum atomic E-state index is 4.27. The average molecular weight is 229 g/mol. The minimum absolute atomic E-state index is 0.419. The summed E-state index contributed by atoms with van der Waals surface area (Å²) in [6.45, 7) is 2.16. The van der Waals surface area contributed by atoms with Gasteiger partial charge in [-0.05, 0) is 31.5 Å². The SMILES string of the molecule is CNC(Cc1ncc[nH]1)Cc1ccccc1C. The second-order valence-corrected chi connectivity index (χ2v) is 4.36. The Bertz CT molecular complexity index is 448. The van der Waals surface area contributed by atoms with Gasteiger partial charge in [-0.15, -0.1) is 0 Å². The van der Waals surface area contributed by atoms with Gasteiger partial charge in [0, 0.05) is 24.9 Å². The van der Waals surface area contributed by atoms with Crippen LogP contribution >= 0.6 is 0 Å². The Kier molecular flexibility index (Phi) is 3.94. The van der Waals surface area contributed by atoms with Gasteiger partial charge >= 0.3 is 0 Å². The fraction of sp³-hybridized carbons (Fsp3) is 0.357. The number of imidazole rings is 1. The van der Waals surface area contributed by atoms with E-state index in [9.17, 15) is 0 Å². The van der Waals surface area contributed by atoms with E-state index < -0.39 is 0 Å². The normalized spacial score (nSPS) is 12.6. The standard InChI is InChI=1S/C14H19N3/c1-11-5-3-4-6-12(11)9-13(15-2)10-14-16-7-8-17-14/h3-8,13,15H,9-10H2,1-2H3,(H,16,17). The topological polar surface area (TPSA) is 40.7 Å². The van der Waals surface area contributed by atoms with Gasteiger partial charge in [0.2, 0.25) is 0 Å². The number of aryl methyl sites for hydroxylation is 1. The van der Waals surface area contributed by atoms with Crippen molar-refractivity contribution >= 4 is 0 Å². The molecule has 17 heavy (non-hydrogen) atoms. The number of aromatic nitrogens is 2. The zero-order valence-electron chi connectivity index (χ0n) is 10.4. The van der Waals surface area contributed by atoms with Gasteiger partial charge < -0.3 is 10.3 Å². The molecule has 1 heterocycles. The number of benzene rings is 1. The number of likely N-dealkylation sites (N-methyl/N-ethyl adjacent to an activating group) is 1. The number of rotatable bonds is 5. The predicted octanol–water partition coefficient (Wildman–Crippen LogP) is 2.09. The molecule has 1 unspecified atom stereocenters. The zero-order valence-corrected chi connectivity index (χ0v) is 10.4. The molecule has 90 valence electrons. The van der Waals surface area contributed by atoms with Crippen molar-refractivity contribution in [3.8, 4) is 0 Å². The lowest BCUT2D eigenvalue weighted by molar-refractivity contribution is 0.544. The van der Waals surface area contributed by atoms with E-state index in [1.807, 2.05) is 13.2 Å². The highest BCUT2D eigenvalue weighted by Crippen LogP contribution is 2.11. The average Bonchev–Trinajstić information content (AvgIpc) is 2.84. The van der Waals surface area contributed by atoms with Crippen molar-refractivity contribution in [1.82, 2.24) is 15.3 Å². The summed E-state index contributed by atoms with van der Waals surface area (Å²) in [4.78, 5) is 7.42. The van der Waals surface area contributed by atoms with Gasteiger partial charge in [0.1, 0.15) is 5.82 Å². The van der Waals surface area contributed by atoms with E-state index in [2.05, 4.69) is 46.5 Å². The Morgan fingerprint density at radius 2 is 2.12 bits per heavy atom. The third kappa shape index (κ3) is 3.17. The Labute approximate surface area is 102 Å². The molecule has 3 nitrogen and oxygen atoms in total. The molecule has 0 spiro atoms. The second-order valence-electron chi connectivity index (χ2n) is 4.36. The second kappa shape index (κ2) is 5.64. The van der Waals surface area contributed by atoms with Crippen molar-refractivity contribution in [2.45, 2.75) is 25.8 Å². The molecular weight excluding hydrogens is 210 g/mol. The molecule has 0 radical (unpaired) electrons. The van der Waals surface area contributed by atoms with Crippen LogP contribution in [-0.2, 0) is 12.8 Å². The van der Waals surface area contributed by atoms with Crippen LogP contribution in [0.5, 0.6) is 0 Å². The van der Waals surface area contributed by atoms with Crippen LogP contribution in [-0.4, -0.2) is 23.1 Å². The first kappa shape index (κ1) is 11.9. The third-order valence-corrected chi connectivity index (χ3v) is 3.13. The molecule has 0 bridgehead atoms. The van der Waals surface area contributed by atoms with Crippen LogP contribution in [0.1, 0.15) is 17.0 Å². The summed E-state index contributed by atoms with van der Waals surface area (Å²) in [6.07, 6.45) is 5.63. The van der Waals surface area contributed by atoms with Gasteiger partial charge in [-0.2, -0.15) is 0 Å². The summed E-state index contributed by atoms with van der Waals surface area (Å²) in [5.41, 5.74) is 2.76. The van der Waals surface area contributed by atoms with Crippen molar-refractivity contribution in [1.29, 1.82) is 0 Å². The van der Waals surface area contributed by atoms with Crippen LogP contribution in [0.4, 0.5) is 0 Å². The molecular formula is C14H19N3. The summed E-state index contributed by atoms with van der Waals surface area (Å²) >= 11 is 0. The minimum atomic E-state index is 0.419. The number of nitrogens with zero attached hydrogens (tertiary/aromatic N) is 1. The van der Waals surface area contributed by atoms with Crippen LogP contribution in [0, 0.1) is 6.92 Å². The summed E-state index contributed by atoms with van der Waals surface area (Å²) in [5.74, 6) is 1.04. The Balaban J connectivity index is 2.03.